The van der Waals surface area contributed by atoms with E-state index in [0.29, 0.717) is 31.0 Å². The lowest BCUT2D eigenvalue weighted by Crippen LogP contribution is -2.15. The van der Waals surface area contributed by atoms with Crippen molar-refractivity contribution in [2.75, 3.05) is 13.2 Å². The van der Waals surface area contributed by atoms with Crippen LogP contribution in [0.1, 0.15) is 42.5 Å². The van der Waals surface area contributed by atoms with Gasteiger partial charge in [0.25, 0.3) is 0 Å². The van der Waals surface area contributed by atoms with Crippen LogP contribution in [0.2, 0.25) is 0 Å². The highest BCUT2D eigenvalue weighted by molar-refractivity contribution is 5.76. The molecule has 1 unspecified atom stereocenters. The zero-order chi connectivity index (χ0) is 13.7. The van der Waals surface area contributed by atoms with Crippen LogP contribution >= 0.6 is 0 Å². The van der Waals surface area contributed by atoms with Crippen molar-refractivity contribution in [3.63, 3.8) is 0 Å². The average molecular weight is 252 g/mol. The number of rotatable bonds is 6. The highest BCUT2D eigenvalue weighted by Gasteiger charge is 2.20. The first-order valence-corrected chi connectivity index (χ1v) is 6.11. The number of aliphatic carboxylic acids is 1. The maximum Gasteiger partial charge on any atom is 0.310 e. The zero-order valence-corrected chi connectivity index (χ0v) is 11.4. The molecule has 0 radical (unpaired) electrons. The van der Waals surface area contributed by atoms with Crippen LogP contribution in [0.4, 0.5) is 0 Å². The molecule has 1 rings (SSSR count). The second kappa shape index (κ2) is 6.44. The predicted octanol–water partition coefficient (Wildman–Crippen LogP) is 1.86. The molecule has 1 atom stereocenters. The summed E-state index contributed by atoms with van der Waals surface area (Å²) in [4.78, 5) is 19.7. The van der Waals surface area contributed by atoms with Crippen molar-refractivity contribution >= 4 is 5.97 Å². The third-order valence-electron chi connectivity index (χ3n) is 2.85. The molecule has 5 nitrogen and oxygen atoms in total. The fraction of sp³-hybridized carbons (Fsp3) is 0.615. The van der Waals surface area contributed by atoms with Crippen molar-refractivity contribution in [1.82, 2.24) is 9.97 Å². The van der Waals surface area contributed by atoms with E-state index in [0.717, 1.165) is 11.4 Å². The van der Waals surface area contributed by atoms with Crippen LogP contribution in [0.3, 0.4) is 0 Å². The molecular formula is C13H20N2O3. The summed E-state index contributed by atoms with van der Waals surface area (Å²) in [5, 5.41) is 9.05. The van der Waals surface area contributed by atoms with E-state index < -0.39 is 11.9 Å². The molecule has 1 aromatic rings. The van der Waals surface area contributed by atoms with Gasteiger partial charge in [-0.2, -0.15) is 0 Å². The molecule has 0 aliphatic carbocycles. The highest BCUT2D eigenvalue weighted by Crippen LogP contribution is 2.21. The smallest absolute Gasteiger partial charge is 0.310 e. The lowest BCUT2D eigenvalue weighted by atomic mass is 9.98. The summed E-state index contributed by atoms with van der Waals surface area (Å²) in [6, 6.07) is 0. The Hall–Kier alpha value is -1.49. The van der Waals surface area contributed by atoms with E-state index in [-0.39, 0.29) is 0 Å². The number of carbonyl (C=O) groups is 1. The second-order valence-corrected chi connectivity index (χ2v) is 4.23. The quantitative estimate of drug-likeness (QED) is 0.782. The van der Waals surface area contributed by atoms with Crippen molar-refractivity contribution in [3.8, 4) is 0 Å². The first-order chi connectivity index (χ1) is 8.47. The molecule has 0 spiro atoms. The molecule has 0 saturated heterocycles. The molecule has 1 aromatic heterocycles. The molecular weight excluding hydrogens is 232 g/mol. The summed E-state index contributed by atoms with van der Waals surface area (Å²) in [5.41, 5.74) is 2.19. The first kappa shape index (κ1) is 14.6. The van der Waals surface area contributed by atoms with Gasteiger partial charge in [-0.1, -0.05) is 0 Å². The molecule has 0 bridgehead atoms. The van der Waals surface area contributed by atoms with Crippen LogP contribution in [0, 0.1) is 13.8 Å². The Morgan fingerprint density at radius 2 is 1.89 bits per heavy atom. The standard InChI is InChI=1S/C13H20N2O3/c1-5-18-7-6-11-14-9(3)12(10(4)15-11)8(2)13(16)17/h8H,5-7H2,1-4H3,(H,16,17). The van der Waals surface area contributed by atoms with E-state index in [1.54, 1.807) is 6.92 Å². The van der Waals surface area contributed by atoms with E-state index >= 15 is 0 Å². The molecule has 0 saturated carbocycles. The maximum atomic E-state index is 11.0. The second-order valence-electron chi connectivity index (χ2n) is 4.23. The van der Waals surface area contributed by atoms with Gasteiger partial charge in [0.1, 0.15) is 5.82 Å². The average Bonchev–Trinajstić information content (AvgIpc) is 2.28. The number of nitrogens with zero attached hydrogens (tertiary/aromatic N) is 2. The van der Waals surface area contributed by atoms with Crippen molar-refractivity contribution < 1.29 is 14.6 Å². The summed E-state index contributed by atoms with van der Waals surface area (Å²) in [6.07, 6.45) is 0.650. The molecule has 0 aliphatic heterocycles. The summed E-state index contributed by atoms with van der Waals surface area (Å²) in [7, 11) is 0. The van der Waals surface area contributed by atoms with E-state index in [1.807, 2.05) is 20.8 Å². The summed E-state index contributed by atoms with van der Waals surface area (Å²) in [5.74, 6) is -0.724. The molecule has 1 N–H and O–H groups in total. The van der Waals surface area contributed by atoms with Gasteiger partial charge in [0.2, 0.25) is 0 Å². The number of carboxylic acids is 1. The van der Waals surface area contributed by atoms with Crippen LogP contribution in [0.25, 0.3) is 0 Å². The Morgan fingerprint density at radius 3 is 2.33 bits per heavy atom. The Labute approximate surface area is 107 Å². The first-order valence-electron chi connectivity index (χ1n) is 6.11. The van der Waals surface area contributed by atoms with Crippen molar-refractivity contribution in [1.29, 1.82) is 0 Å². The molecule has 1 heterocycles. The zero-order valence-electron chi connectivity index (χ0n) is 11.4. The largest absolute Gasteiger partial charge is 0.481 e. The van der Waals surface area contributed by atoms with Gasteiger partial charge in [0, 0.05) is 30.0 Å². The summed E-state index contributed by atoms with van der Waals surface area (Å²) >= 11 is 0. The van der Waals surface area contributed by atoms with Gasteiger partial charge in [-0.3, -0.25) is 4.79 Å². The van der Waals surface area contributed by atoms with E-state index in [4.69, 9.17) is 9.84 Å². The van der Waals surface area contributed by atoms with Gasteiger partial charge in [-0.15, -0.1) is 0 Å². The molecule has 5 heteroatoms. The molecule has 0 amide bonds. The Bertz CT molecular complexity index is 409. The molecule has 100 valence electrons. The maximum absolute atomic E-state index is 11.0. The van der Waals surface area contributed by atoms with Crippen LogP contribution in [0.15, 0.2) is 0 Å². The predicted molar refractivity (Wildman–Crippen MR) is 67.8 cm³/mol. The molecule has 0 aliphatic rings. The highest BCUT2D eigenvalue weighted by atomic mass is 16.5. The summed E-state index contributed by atoms with van der Waals surface area (Å²) in [6.45, 7) is 8.51. The number of hydrogen-bond acceptors (Lipinski definition) is 4. The minimum absolute atomic E-state index is 0.578. The fourth-order valence-corrected chi connectivity index (χ4v) is 1.96. The minimum atomic E-state index is -0.855. The molecule has 18 heavy (non-hydrogen) atoms. The van der Waals surface area contributed by atoms with Crippen LogP contribution in [-0.2, 0) is 16.0 Å². The monoisotopic (exact) mass is 252 g/mol. The van der Waals surface area contributed by atoms with Gasteiger partial charge in [-0.25, -0.2) is 9.97 Å². The van der Waals surface area contributed by atoms with Gasteiger partial charge in [0.15, 0.2) is 0 Å². The lowest BCUT2D eigenvalue weighted by Gasteiger charge is -2.14. The van der Waals surface area contributed by atoms with Crippen LogP contribution < -0.4 is 0 Å². The minimum Gasteiger partial charge on any atom is -0.481 e. The van der Waals surface area contributed by atoms with Crippen LogP contribution in [-0.4, -0.2) is 34.3 Å². The molecule has 0 aromatic carbocycles. The van der Waals surface area contributed by atoms with E-state index in [1.165, 1.54) is 0 Å². The van der Waals surface area contributed by atoms with Gasteiger partial charge in [0.05, 0.1) is 12.5 Å². The number of hydrogen-bond donors (Lipinski definition) is 1. The van der Waals surface area contributed by atoms with Crippen molar-refractivity contribution in [3.05, 3.63) is 22.8 Å². The topological polar surface area (TPSA) is 72.3 Å². The number of aryl methyl sites for hydroxylation is 2. The van der Waals surface area contributed by atoms with Crippen molar-refractivity contribution in [2.45, 2.75) is 40.0 Å². The Kier molecular flexibility index (Phi) is 5.22. The van der Waals surface area contributed by atoms with Gasteiger partial charge >= 0.3 is 5.97 Å². The summed E-state index contributed by atoms with van der Waals surface area (Å²) < 4.78 is 5.26. The normalized spacial score (nSPS) is 12.4. The fourth-order valence-electron chi connectivity index (χ4n) is 1.96. The van der Waals surface area contributed by atoms with E-state index in [2.05, 4.69) is 9.97 Å². The van der Waals surface area contributed by atoms with Crippen molar-refractivity contribution in [2.24, 2.45) is 0 Å². The number of ether oxygens (including phenoxy) is 1. The third kappa shape index (κ3) is 3.50. The van der Waals surface area contributed by atoms with Crippen LogP contribution in [0.5, 0.6) is 0 Å². The Balaban J connectivity index is 2.94. The number of carboxylic acid groups (broad SMARTS) is 1. The third-order valence-corrected chi connectivity index (χ3v) is 2.85. The van der Waals surface area contributed by atoms with E-state index in [9.17, 15) is 4.79 Å². The Morgan fingerprint density at radius 1 is 1.33 bits per heavy atom. The SMILES string of the molecule is CCOCCc1nc(C)c(C(C)C(=O)O)c(C)n1. The van der Waals surface area contributed by atoms with Gasteiger partial charge in [-0.05, 0) is 27.7 Å². The van der Waals surface area contributed by atoms with Gasteiger partial charge < -0.3 is 9.84 Å². The lowest BCUT2D eigenvalue weighted by molar-refractivity contribution is -0.138. The number of aromatic nitrogens is 2. The molecule has 0 fully saturated rings.